The molecule has 0 spiro atoms. The summed E-state index contributed by atoms with van der Waals surface area (Å²) >= 11 is 0. The van der Waals surface area contributed by atoms with Crippen LogP contribution in [-0.2, 0) is 0 Å². The number of hydrogen-bond donors (Lipinski definition) is 2. The van der Waals surface area contributed by atoms with Crippen molar-refractivity contribution in [1.82, 2.24) is 0 Å². The van der Waals surface area contributed by atoms with Crippen LogP contribution in [0.25, 0.3) is 0 Å². The van der Waals surface area contributed by atoms with Crippen LogP contribution >= 0.6 is 0 Å². The van der Waals surface area contributed by atoms with E-state index < -0.39 is 0 Å². The van der Waals surface area contributed by atoms with Gasteiger partial charge in [0.15, 0.2) is 0 Å². The molecule has 3 nitrogen and oxygen atoms in total. The van der Waals surface area contributed by atoms with Crippen molar-refractivity contribution < 1.29 is 0 Å². The SMILES string of the molecule is C/C(N)=C(\C)C=NCC(C)N. The van der Waals surface area contributed by atoms with E-state index in [4.69, 9.17) is 11.5 Å². The molecule has 0 radical (unpaired) electrons. The average molecular weight is 155 g/mol. The lowest BCUT2D eigenvalue weighted by Crippen LogP contribution is -2.18. The zero-order valence-corrected chi connectivity index (χ0v) is 7.46. The molecule has 3 heteroatoms. The van der Waals surface area contributed by atoms with Crippen LogP contribution in [0.15, 0.2) is 16.3 Å². The van der Waals surface area contributed by atoms with Gasteiger partial charge in [-0.3, -0.25) is 4.99 Å². The molecule has 0 aliphatic rings. The Morgan fingerprint density at radius 3 is 2.45 bits per heavy atom. The first-order valence-electron chi connectivity index (χ1n) is 3.72. The van der Waals surface area contributed by atoms with Gasteiger partial charge in [0.1, 0.15) is 0 Å². The van der Waals surface area contributed by atoms with Gasteiger partial charge in [0.2, 0.25) is 0 Å². The van der Waals surface area contributed by atoms with E-state index in [-0.39, 0.29) is 6.04 Å². The molecule has 4 N–H and O–H groups in total. The maximum atomic E-state index is 5.51. The van der Waals surface area contributed by atoms with Crippen molar-refractivity contribution in [2.45, 2.75) is 26.8 Å². The number of allylic oxidation sites excluding steroid dienone is 2. The Morgan fingerprint density at radius 2 is 2.09 bits per heavy atom. The minimum atomic E-state index is 0.122. The van der Waals surface area contributed by atoms with Gasteiger partial charge in [-0.05, 0) is 26.3 Å². The van der Waals surface area contributed by atoms with Gasteiger partial charge < -0.3 is 11.5 Å². The lowest BCUT2D eigenvalue weighted by Gasteiger charge is -1.98. The number of aliphatic imine (C=N–C) groups is 1. The Morgan fingerprint density at radius 1 is 1.55 bits per heavy atom. The van der Waals surface area contributed by atoms with Crippen molar-refractivity contribution in [2.75, 3.05) is 6.54 Å². The van der Waals surface area contributed by atoms with Gasteiger partial charge in [-0.2, -0.15) is 0 Å². The fraction of sp³-hybridized carbons (Fsp3) is 0.625. The summed E-state index contributed by atoms with van der Waals surface area (Å²) in [7, 11) is 0. The predicted molar refractivity (Wildman–Crippen MR) is 49.6 cm³/mol. The second kappa shape index (κ2) is 4.91. The molecule has 1 unspecified atom stereocenters. The lowest BCUT2D eigenvalue weighted by molar-refractivity contribution is 0.755. The topological polar surface area (TPSA) is 64.4 Å². The summed E-state index contributed by atoms with van der Waals surface area (Å²) in [5, 5.41) is 0. The van der Waals surface area contributed by atoms with E-state index in [9.17, 15) is 0 Å². The van der Waals surface area contributed by atoms with E-state index in [1.165, 1.54) is 0 Å². The Kier molecular flexibility index (Phi) is 4.54. The van der Waals surface area contributed by atoms with Gasteiger partial charge in [0.25, 0.3) is 0 Å². The minimum Gasteiger partial charge on any atom is -0.402 e. The Hall–Kier alpha value is -0.830. The molecule has 11 heavy (non-hydrogen) atoms. The first kappa shape index (κ1) is 10.2. The highest BCUT2D eigenvalue weighted by Crippen LogP contribution is 1.92. The van der Waals surface area contributed by atoms with Crippen LogP contribution < -0.4 is 11.5 Å². The molecule has 0 rings (SSSR count). The van der Waals surface area contributed by atoms with Gasteiger partial charge in [-0.15, -0.1) is 0 Å². The highest BCUT2D eigenvalue weighted by molar-refractivity contribution is 5.78. The van der Waals surface area contributed by atoms with E-state index >= 15 is 0 Å². The first-order valence-corrected chi connectivity index (χ1v) is 3.72. The average Bonchev–Trinajstić information content (AvgIpc) is 1.86. The third-order valence-corrected chi connectivity index (χ3v) is 1.30. The van der Waals surface area contributed by atoms with Crippen molar-refractivity contribution in [1.29, 1.82) is 0 Å². The monoisotopic (exact) mass is 155 g/mol. The molecule has 0 amide bonds. The maximum absolute atomic E-state index is 5.51. The number of nitrogens with two attached hydrogens (primary N) is 2. The number of hydrogen-bond acceptors (Lipinski definition) is 3. The number of nitrogens with zero attached hydrogens (tertiary/aromatic N) is 1. The lowest BCUT2D eigenvalue weighted by atomic mass is 10.3. The molecule has 0 aromatic heterocycles. The van der Waals surface area contributed by atoms with Gasteiger partial charge in [0, 0.05) is 18.0 Å². The van der Waals surface area contributed by atoms with Gasteiger partial charge in [-0.25, -0.2) is 0 Å². The summed E-state index contributed by atoms with van der Waals surface area (Å²) in [6.45, 7) is 6.36. The highest BCUT2D eigenvalue weighted by atomic mass is 14.8. The molecule has 1 atom stereocenters. The fourth-order valence-corrected chi connectivity index (χ4v) is 0.458. The standard InChI is InChI=1S/C8H17N3/c1-6(8(3)10)4-11-5-7(2)9/h4,7H,5,9-10H2,1-3H3/b8-6-,11-4?. The van der Waals surface area contributed by atoms with Crippen molar-refractivity contribution in [3.05, 3.63) is 11.3 Å². The maximum Gasteiger partial charge on any atom is 0.0538 e. The molecular formula is C8H17N3. The van der Waals surface area contributed by atoms with E-state index in [0.717, 1.165) is 11.3 Å². The summed E-state index contributed by atoms with van der Waals surface area (Å²) in [4.78, 5) is 4.10. The largest absolute Gasteiger partial charge is 0.402 e. The van der Waals surface area contributed by atoms with Crippen LogP contribution in [0.1, 0.15) is 20.8 Å². The molecule has 0 aromatic carbocycles. The van der Waals surface area contributed by atoms with Crippen LogP contribution in [0.3, 0.4) is 0 Å². The van der Waals surface area contributed by atoms with Crippen molar-refractivity contribution in [3.63, 3.8) is 0 Å². The molecule has 0 bridgehead atoms. The summed E-state index contributed by atoms with van der Waals surface area (Å²) in [5.74, 6) is 0. The third-order valence-electron chi connectivity index (χ3n) is 1.30. The van der Waals surface area contributed by atoms with Crippen molar-refractivity contribution in [2.24, 2.45) is 16.5 Å². The molecule has 0 saturated heterocycles. The van der Waals surface area contributed by atoms with E-state index in [2.05, 4.69) is 4.99 Å². The summed E-state index contributed by atoms with van der Waals surface area (Å²) in [6, 6.07) is 0.122. The molecule has 0 heterocycles. The predicted octanol–water partition coefficient (Wildman–Crippen LogP) is 0.657. The summed E-state index contributed by atoms with van der Waals surface area (Å²) in [6.07, 6.45) is 1.76. The molecule has 0 aliphatic heterocycles. The molecule has 64 valence electrons. The van der Waals surface area contributed by atoms with Crippen molar-refractivity contribution in [3.8, 4) is 0 Å². The van der Waals surface area contributed by atoms with Gasteiger partial charge in [0.05, 0.1) is 6.54 Å². The smallest absolute Gasteiger partial charge is 0.0538 e. The van der Waals surface area contributed by atoms with E-state index in [1.54, 1.807) is 6.21 Å². The first-order chi connectivity index (χ1) is 5.04. The fourth-order valence-electron chi connectivity index (χ4n) is 0.458. The van der Waals surface area contributed by atoms with Crippen LogP contribution in [-0.4, -0.2) is 18.8 Å². The van der Waals surface area contributed by atoms with E-state index in [1.807, 2.05) is 20.8 Å². The van der Waals surface area contributed by atoms with Gasteiger partial charge in [-0.1, -0.05) is 0 Å². The molecule has 0 fully saturated rings. The zero-order valence-electron chi connectivity index (χ0n) is 7.46. The van der Waals surface area contributed by atoms with Crippen LogP contribution in [0.4, 0.5) is 0 Å². The van der Waals surface area contributed by atoms with E-state index in [0.29, 0.717) is 6.54 Å². The Labute approximate surface area is 68.2 Å². The van der Waals surface area contributed by atoms with Crippen LogP contribution in [0.2, 0.25) is 0 Å². The zero-order chi connectivity index (χ0) is 8.85. The van der Waals surface area contributed by atoms with Crippen molar-refractivity contribution >= 4 is 6.21 Å². The second-order valence-electron chi connectivity index (χ2n) is 2.84. The second-order valence-corrected chi connectivity index (χ2v) is 2.84. The Balaban J connectivity index is 3.85. The molecule has 0 saturated carbocycles. The number of rotatable bonds is 3. The quantitative estimate of drug-likeness (QED) is 0.588. The molecule has 0 aromatic rings. The third kappa shape index (κ3) is 5.61. The summed E-state index contributed by atoms with van der Waals surface area (Å²) < 4.78 is 0. The molecular weight excluding hydrogens is 138 g/mol. The van der Waals surface area contributed by atoms with Crippen LogP contribution in [0, 0.1) is 0 Å². The summed E-state index contributed by atoms with van der Waals surface area (Å²) in [5.41, 5.74) is 12.8. The van der Waals surface area contributed by atoms with Gasteiger partial charge >= 0.3 is 0 Å². The highest BCUT2D eigenvalue weighted by Gasteiger charge is 1.89. The molecule has 0 aliphatic carbocycles. The normalized spacial score (nSPS) is 16.7. The Bertz CT molecular complexity index is 164. The minimum absolute atomic E-state index is 0.122. The van der Waals surface area contributed by atoms with Crippen LogP contribution in [0.5, 0.6) is 0 Å².